The summed E-state index contributed by atoms with van der Waals surface area (Å²) in [6, 6.07) is 0.470. The Labute approximate surface area is 87.1 Å². The highest BCUT2D eigenvalue weighted by Gasteiger charge is 2.15. The molecular weight excluding hydrogens is 182 g/mol. The van der Waals surface area contributed by atoms with Crippen LogP contribution >= 0.6 is 0 Å². The molecule has 0 spiro atoms. The second-order valence-electron chi connectivity index (χ2n) is 3.48. The van der Waals surface area contributed by atoms with Crippen molar-refractivity contribution in [3.63, 3.8) is 0 Å². The number of rotatable bonds is 8. The van der Waals surface area contributed by atoms with Crippen LogP contribution in [0.4, 0.5) is 0 Å². The van der Waals surface area contributed by atoms with Crippen LogP contribution in [0.5, 0.6) is 0 Å². The molecule has 4 nitrogen and oxygen atoms in total. The summed E-state index contributed by atoms with van der Waals surface area (Å²) in [5.74, 6) is 0. The van der Waals surface area contributed by atoms with Crippen molar-refractivity contribution in [1.82, 2.24) is 4.90 Å². The van der Waals surface area contributed by atoms with Crippen molar-refractivity contribution in [3.8, 4) is 0 Å². The quantitative estimate of drug-likeness (QED) is 0.552. The number of ether oxygens (including phenoxy) is 3. The SMILES string of the molecule is COCCN(CC(OC)OC)C(C)C. The average Bonchev–Trinajstić information content (AvgIpc) is 2.18. The van der Waals surface area contributed by atoms with Gasteiger partial charge >= 0.3 is 0 Å². The van der Waals surface area contributed by atoms with E-state index in [4.69, 9.17) is 14.2 Å². The van der Waals surface area contributed by atoms with Crippen molar-refractivity contribution >= 4 is 0 Å². The zero-order valence-corrected chi connectivity index (χ0v) is 9.95. The van der Waals surface area contributed by atoms with E-state index in [1.807, 2.05) is 0 Å². The monoisotopic (exact) mass is 205 g/mol. The molecule has 0 unspecified atom stereocenters. The molecule has 0 radical (unpaired) electrons. The van der Waals surface area contributed by atoms with Gasteiger partial charge in [-0.05, 0) is 13.8 Å². The van der Waals surface area contributed by atoms with Crippen molar-refractivity contribution in [3.05, 3.63) is 0 Å². The lowest BCUT2D eigenvalue weighted by Gasteiger charge is -2.29. The highest BCUT2D eigenvalue weighted by Crippen LogP contribution is 2.02. The minimum Gasteiger partial charge on any atom is -0.383 e. The third kappa shape index (κ3) is 5.54. The molecule has 0 amide bonds. The van der Waals surface area contributed by atoms with Crippen LogP contribution in [-0.4, -0.2) is 58.3 Å². The Kier molecular flexibility index (Phi) is 8.08. The highest BCUT2D eigenvalue weighted by molar-refractivity contribution is 4.64. The molecule has 0 heterocycles. The molecular formula is C10H23NO3. The fourth-order valence-electron chi connectivity index (χ4n) is 1.21. The fraction of sp³-hybridized carbons (Fsp3) is 1.00. The summed E-state index contributed by atoms with van der Waals surface area (Å²) in [6.07, 6.45) is -0.158. The van der Waals surface area contributed by atoms with Gasteiger partial charge in [-0.3, -0.25) is 4.90 Å². The van der Waals surface area contributed by atoms with E-state index in [2.05, 4.69) is 18.7 Å². The van der Waals surface area contributed by atoms with Gasteiger partial charge in [-0.15, -0.1) is 0 Å². The highest BCUT2D eigenvalue weighted by atomic mass is 16.7. The second-order valence-corrected chi connectivity index (χ2v) is 3.48. The van der Waals surface area contributed by atoms with Crippen LogP contribution in [0.1, 0.15) is 13.8 Å². The molecule has 0 saturated heterocycles. The van der Waals surface area contributed by atoms with Gasteiger partial charge in [0.05, 0.1) is 6.61 Å². The Morgan fingerprint density at radius 1 is 1.07 bits per heavy atom. The summed E-state index contributed by atoms with van der Waals surface area (Å²) in [7, 11) is 5.02. The van der Waals surface area contributed by atoms with Gasteiger partial charge in [0.2, 0.25) is 0 Å². The Morgan fingerprint density at radius 2 is 1.64 bits per heavy atom. The number of hydrogen-bond donors (Lipinski definition) is 0. The molecule has 86 valence electrons. The Morgan fingerprint density at radius 3 is 2.00 bits per heavy atom. The summed E-state index contributed by atoms with van der Waals surface area (Å²) >= 11 is 0. The molecule has 0 aliphatic heterocycles. The molecule has 4 heteroatoms. The van der Waals surface area contributed by atoms with Crippen LogP contribution < -0.4 is 0 Å². The number of hydrogen-bond acceptors (Lipinski definition) is 4. The summed E-state index contributed by atoms with van der Waals surface area (Å²) in [5.41, 5.74) is 0. The van der Waals surface area contributed by atoms with Gasteiger partial charge in [-0.25, -0.2) is 0 Å². The molecule has 0 rings (SSSR count). The van der Waals surface area contributed by atoms with Gasteiger partial charge in [0.1, 0.15) is 0 Å². The van der Waals surface area contributed by atoms with Crippen molar-refractivity contribution < 1.29 is 14.2 Å². The molecule has 0 aliphatic carbocycles. The standard InChI is InChI=1S/C10H23NO3/c1-9(2)11(6-7-12-3)8-10(13-4)14-5/h9-10H,6-8H2,1-5H3. The van der Waals surface area contributed by atoms with E-state index in [0.717, 1.165) is 19.7 Å². The van der Waals surface area contributed by atoms with Crippen LogP contribution in [0.25, 0.3) is 0 Å². The van der Waals surface area contributed by atoms with Gasteiger partial charge < -0.3 is 14.2 Å². The zero-order chi connectivity index (χ0) is 11.0. The largest absolute Gasteiger partial charge is 0.383 e. The van der Waals surface area contributed by atoms with Crippen molar-refractivity contribution in [2.24, 2.45) is 0 Å². The van der Waals surface area contributed by atoms with Gasteiger partial charge in [0.25, 0.3) is 0 Å². The van der Waals surface area contributed by atoms with Gasteiger partial charge in [0.15, 0.2) is 6.29 Å². The topological polar surface area (TPSA) is 30.9 Å². The van der Waals surface area contributed by atoms with E-state index in [1.165, 1.54) is 0 Å². The number of methoxy groups -OCH3 is 3. The molecule has 0 aromatic heterocycles. The van der Waals surface area contributed by atoms with Crippen LogP contribution in [-0.2, 0) is 14.2 Å². The predicted molar refractivity (Wildman–Crippen MR) is 56.4 cm³/mol. The normalized spacial score (nSPS) is 12.0. The molecule has 0 saturated carbocycles. The first-order chi connectivity index (χ1) is 6.65. The minimum atomic E-state index is -0.158. The Bertz CT molecular complexity index is 127. The smallest absolute Gasteiger partial charge is 0.169 e. The zero-order valence-electron chi connectivity index (χ0n) is 9.95. The van der Waals surface area contributed by atoms with Crippen LogP contribution in [0.3, 0.4) is 0 Å². The van der Waals surface area contributed by atoms with Crippen molar-refractivity contribution in [1.29, 1.82) is 0 Å². The van der Waals surface area contributed by atoms with E-state index in [-0.39, 0.29) is 6.29 Å². The lowest BCUT2D eigenvalue weighted by molar-refractivity contribution is -0.120. The first-order valence-corrected chi connectivity index (χ1v) is 4.94. The average molecular weight is 205 g/mol. The number of nitrogens with zero attached hydrogens (tertiary/aromatic N) is 1. The minimum absolute atomic E-state index is 0.158. The summed E-state index contributed by atoms with van der Waals surface area (Å²) in [4.78, 5) is 2.27. The lowest BCUT2D eigenvalue weighted by Crippen LogP contribution is -2.40. The van der Waals surface area contributed by atoms with E-state index in [0.29, 0.717) is 6.04 Å². The predicted octanol–water partition coefficient (Wildman–Crippen LogP) is 0.962. The summed E-state index contributed by atoms with van der Waals surface area (Å²) < 4.78 is 15.4. The maximum absolute atomic E-state index is 5.16. The maximum atomic E-state index is 5.16. The molecule has 0 aromatic carbocycles. The molecule has 0 N–H and O–H groups in total. The van der Waals surface area contributed by atoms with Gasteiger partial charge in [-0.1, -0.05) is 0 Å². The van der Waals surface area contributed by atoms with E-state index < -0.39 is 0 Å². The van der Waals surface area contributed by atoms with Gasteiger partial charge in [-0.2, -0.15) is 0 Å². The Hall–Kier alpha value is -0.160. The van der Waals surface area contributed by atoms with Crippen molar-refractivity contribution in [2.75, 3.05) is 41.0 Å². The molecule has 14 heavy (non-hydrogen) atoms. The Balaban J connectivity index is 3.93. The van der Waals surface area contributed by atoms with Crippen LogP contribution in [0.15, 0.2) is 0 Å². The van der Waals surface area contributed by atoms with Gasteiger partial charge in [0, 0.05) is 40.5 Å². The lowest BCUT2D eigenvalue weighted by atomic mass is 10.3. The second kappa shape index (κ2) is 8.17. The summed E-state index contributed by atoms with van der Waals surface area (Å²) in [5, 5.41) is 0. The first-order valence-electron chi connectivity index (χ1n) is 4.94. The summed E-state index contributed by atoms with van der Waals surface area (Å²) in [6.45, 7) is 6.71. The molecule has 0 bridgehead atoms. The molecule has 0 aliphatic rings. The molecule has 0 fully saturated rings. The first kappa shape index (κ1) is 13.8. The third-order valence-electron chi connectivity index (χ3n) is 2.22. The molecule has 0 atom stereocenters. The van der Waals surface area contributed by atoms with Crippen LogP contribution in [0, 0.1) is 0 Å². The fourth-order valence-corrected chi connectivity index (χ4v) is 1.21. The van der Waals surface area contributed by atoms with E-state index in [1.54, 1.807) is 21.3 Å². The molecule has 0 aromatic rings. The van der Waals surface area contributed by atoms with Crippen molar-refractivity contribution in [2.45, 2.75) is 26.2 Å². The third-order valence-corrected chi connectivity index (χ3v) is 2.22. The van der Waals surface area contributed by atoms with E-state index in [9.17, 15) is 0 Å². The maximum Gasteiger partial charge on any atom is 0.169 e. The van der Waals surface area contributed by atoms with E-state index >= 15 is 0 Å². The van der Waals surface area contributed by atoms with Crippen LogP contribution in [0.2, 0.25) is 0 Å².